The molecule has 0 aromatic heterocycles. The van der Waals surface area contributed by atoms with Crippen molar-refractivity contribution in [3.05, 3.63) is 124 Å². The van der Waals surface area contributed by atoms with Gasteiger partial charge in [-0.25, -0.2) is 19.2 Å². The number of aliphatic carboxylic acids is 1. The molecule has 18 nitrogen and oxygen atoms in total. The number of carboxylic acid groups (broad SMARTS) is 1. The van der Waals surface area contributed by atoms with Gasteiger partial charge in [-0.1, -0.05) is 74.5 Å². The topological polar surface area (TPSA) is 268 Å². The van der Waals surface area contributed by atoms with Crippen LogP contribution in [0.4, 0.5) is 38.9 Å². The van der Waals surface area contributed by atoms with Crippen molar-refractivity contribution < 1.29 is 66.2 Å². The summed E-state index contributed by atoms with van der Waals surface area (Å²) in [7, 11) is 0. The zero-order chi connectivity index (χ0) is 46.3. The highest BCUT2D eigenvalue weighted by molar-refractivity contribution is 5.98. The van der Waals surface area contributed by atoms with Crippen LogP contribution in [0, 0.1) is 16.0 Å². The number of urea groups is 1. The van der Waals surface area contributed by atoms with Crippen LogP contribution >= 0.6 is 0 Å². The van der Waals surface area contributed by atoms with Crippen molar-refractivity contribution in [2.24, 2.45) is 11.7 Å². The van der Waals surface area contributed by atoms with Gasteiger partial charge in [0.1, 0.15) is 31.0 Å². The highest BCUT2D eigenvalue weighted by Gasteiger charge is 2.38. The molecule has 0 aliphatic heterocycles. The van der Waals surface area contributed by atoms with Gasteiger partial charge in [0.05, 0.1) is 4.92 Å². The number of rotatable bonds is 16. The molecule has 0 radical (unpaired) electrons. The number of nitro groups is 1. The van der Waals surface area contributed by atoms with E-state index >= 15 is 0 Å². The molecule has 7 N–H and O–H groups in total. The average molecular weight is 881 g/mol. The Morgan fingerprint density at radius 2 is 1.40 bits per heavy atom. The molecular weight excluding hydrogens is 837 g/mol. The van der Waals surface area contributed by atoms with Gasteiger partial charge in [0.25, 0.3) is 5.69 Å². The molecular formula is C42H43F3N6O12. The first-order valence-electron chi connectivity index (χ1n) is 19.1. The van der Waals surface area contributed by atoms with E-state index in [1.165, 1.54) is 24.3 Å². The van der Waals surface area contributed by atoms with Crippen molar-refractivity contribution in [1.82, 2.24) is 16.0 Å². The quantitative estimate of drug-likeness (QED) is 0.0235. The van der Waals surface area contributed by atoms with Crippen LogP contribution in [0.5, 0.6) is 5.75 Å². The molecule has 0 heterocycles. The lowest BCUT2D eigenvalue weighted by atomic mass is 9.98. The number of hydrogen-bond donors (Lipinski definition) is 6. The molecule has 4 aromatic rings. The number of primary amides is 1. The summed E-state index contributed by atoms with van der Waals surface area (Å²) in [6.07, 6.45) is -6.47. The Balaban J connectivity index is 0.00000115. The smallest absolute Gasteiger partial charge is 0.475 e. The lowest BCUT2D eigenvalue weighted by Gasteiger charge is -2.25. The minimum Gasteiger partial charge on any atom is -0.475 e. The fourth-order valence-corrected chi connectivity index (χ4v) is 6.17. The Kier molecular flexibility index (Phi) is 16.9. The molecule has 1 aliphatic carbocycles. The molecule has 63 heavy (non-hydrogen) atoms. The molecule has 0 fully saturated rings. The van der Waals surface area contributed by atoms with Crippen molar-refractivity contribution in [1.29, 1.82) is 0 Å². The number of halogens is 3. The molecule has 1 aliphatic rings. The van der Waals surface area contributed by atoms with Gasteiger partial charge in [-0.15, -0.1) is 0 Å². The third-order valence-electron chi connectivity index (χ3n) is 9.24. The fourth-order valence-electron chi connectivity index (χ4n) is 6.17. The lowest BCUT2D eigenvalue weighted by Crippen LogP contribution is -2.54. The number of hydrogen-bond acceptors (Lipinski definition) is 11. The molecule has 0 bridgehead atoms. The number of fused-ring (bicyclic) bond motifs is 3. The second-order valence-electron chi connectivity index (χ2n) is 14.1. The number of amides is 5. The number of nitrogens with two attached hydrogens (primary N) is 1. The molecule has 0 unspecified atom stereocenters. The van der Waals surface area contributed by atoms with E-state index in [1.54, 1.807) is 38.1 Å². The summed E-state index contributed by atoms with van der Waals surface area (Å²) in [6, 6.07) is 24.3. The second-order valence-corrected chi connectivity index (χ2v) is 14.1. The van der Waals surface area contributed by atoms with Crippen molar-refractivity contribution in [2.75, 3.05) is 18.5 Å². The summed E-state index contributed by atoms with van der Waals surface area (Å²) in [4.78, 5) is 82.7. The van der Waals surface area contributed by atoms with Gasteiger partial charge in [-0.05, 0) is 70.8 Å². The number of nitrogens with one attached hydrogen (secondary N) is 4. The minimum atomic E-state index is -5.08. The number of anilines is 1. The Morgan fingerprint density at radius 1 is 0.825 bits per heavy atom. The number of nitro benzene ring substituents is 1. The van der Waals surface area contributed by atoms with Crippen molar-refractivity contribution in [3.63, 3.8) is 0 Å². The van der Waals surface area contributed by atoms with Gasteiger partial charge in [0.15, 0.2) is 0 Å². The van der Waals surface area contributed by atoms with E-state index in [0.29, 0.717) is 17.7 Å². The third-order valence-corrected chi connectivity index (χ3v) is 9.24. The summed E-state index contributed by atoms with van der Waals surface area (Å²) in [5.41, 5.74) is 10.2. The maximum Gasteiger partial charge on any atom is 0.514 e. The van der Waals surface area contributed by atoms with Crippen LogP contribution in [0.25, 0.3) is 11.1 Å². The minimum absolute atomic E-state index is 0.0569. The number of alkyl carbamates (subject to hydrolysis) is 1. The molecule has 5 rings (SSSR count). The summed E-state index contributed by atoms with van der Waals surface area (Å²) in [5.74, 6) is -4.40. The summed E-state index contributed by atoms with van der Waals surface area (Å²) in [5, 5.41) is 28.5. The van der Waals surface area contributed by atoms with Gasteiger partial charge in [0, 0.05) is 30.3 Å². The van der Waals surface area contributed by atoms with E-state index in [-0.39, 0.29) is 49.5 Å². The van der Waals surface area contributed by atoms with E-state index < -0.39 is 59.2 Å². The van der Waals surface area contributed by atoms with Crippen LogP contribution in [0.1, 0.15) is 49.3 Å². The van der Waals surface area contributed by atoms with Gasteiger partial charge < -0.3 is 46.3 Å². The van der Waals surface area contributed by atoms with Crippen LogP contribution in [-0.4, -0.2) is 77.5 Å². The first kappa shape index (κ1) is 48.0. The maximum atomic E-state index is 13.6. The van der Waals surface area contributed by atoms with Crippen LogP contribution in [0.2, 0.25) is 0 Å². The molecule has 0 spiro atoms. The number of carbonyl (C=O) groups is 6. The SMILES string of the molecule is CC(C)[C@H](NC(=O)OCC1c2ccccc2-c2ccccc21)C(=O)N[C@@H](CCCNC(N)=O)C(=O)Nc1ccc(COC(=O)Oc2ccc([N+](=O)[O-])cc2)cc1.O=C(O)C(F)(F)F. The van der Waals surface area contributed by atoms with Gasteiger partial charge in [-0.3, -0.25) is 19.7 Å². The molecule has 5 amide bonds. The lowest BCUT2D eigenvalue weighted by molar-refractivity contribution is -0.384. The van der Waals surface area contributed by atoms with Gasteiger partial charge in [-0.2, -0.15) is 13.2 Å². The van der Waals surface area contributed by atoms with Gasteiger partial charge >= 0.3 is 30.4 Å². The predicted octanol–water partition coefficient (Wildman–Crippen LogP) is 6.38. The highest BCUT2D eigenvalue weighted by Crippen LogP contribution is 2.44. The van der Waals surface area contributed by atoms with E-state index in [9.17, 15) is 47.3 Å². The van der Waals surface area contributed by atoms with Crippen LogP contribution < -0.4 is 31.7 Å². The Morgan fingerprint density at radius 3 is 1.92 bits per heavy atom. The third kappa shape index (κ3) is 14.5. The molecule has 0 saturated heterocycles. The van der Waals surface area contributed by atoms with E-state index in [0.717, 1.165) is 22.3 Å². The number of carbonyl (C=O) groups excluding carboxylic acids is 5. The Labute approximate surface area is 357 Å². The van der Waals surface area contributed by atoms with E-state index in [1.807, 2.05) is 48.5 Å². The van der Waals surface area contributed by atoms with E-state index in [2.05, 4.69) is 21.3 Å². The summed E-state index contributed by atoms with van der Waals surface area (Å²) < 4.78 is 47.5. The summed E-state index contributed by atoms with van der Waals surface area (Å²) >= 11 is 0. The zero-order valence-electron chi connectivity index (χ0n) is 33.7. The van der Waals surface area contributed by atoms with Crippen molar-refractivity contribution in [2.45, 2.75) is 57.5 Å². The van der Waals surface area contributed by atoms with Gasteiger partial charge in [0.2, 0.25) is 11.8 Å². The van der Waals surface area contributed by atoms with Crippen LogP contribution in [0.3, 0.4) is 0 Å². The molecule has 334 valence electrons. The molecule has 21 heteroatoms. The number of nitrogens with zero attached hydrogens (tertiary/aromatic N) is 1. The zero-order valence-corrected chi connectivity index (χ0v) is 33.7. The highest BCUT2D eigenvalue weighted by atomic mass is 19.4. The maximum absolute atomic E-state index is 13.6. The molecule has 2 atom stereocenters. The standard InChI is InChI=1S/C40H42N6O10.C2HF3O2/c1-24(2)35(45-39(50)54-23-33-31-10-5-3-8-29(31)30-9-4-6-11-32(30)33)37(48)44-34(12-7-21-42-38(41)49)36(47)43-26-15-13-25(14-16-26)22-55-40(51)56-28-19-17-27(18-20-28)46(52)53;3-2(4,5)1(6)7/h3-6,8-11,13-20,24,33-35H,7,12,21-23H2,1-2H3,(H,43,47)(H,44,48)(H,45,50)(H3,41,42,49);(H,6,7)/t34-,35-;/m0./s1. The van der Waals surface area contributed by atoms with Crippen molar-refractivity contribution >= 4 is 47.4 Å². The number of non-ortho nitro benzene ring substituents is 1. The first-order chi connectivity index (χ1) is 29.8. The van der Waals surface area contributed by atoms with Crippen molar-refractivity contribution in [3.8, 4) is 16.9 Å². The number of carboxylic acids is 1. The van der Waals surface area contributed by atoms with Crippen LogP contribution in [-0.2, 0) is 30.5 Å². The second kappa shape index (κ2) is 22.2. The average Bonchev–Trinajstić information content (AvgIpc) is 3.56. The molecule has 4 aromatic carbocycles. The van der Waals surface area contributed by atoms with E-state index in [4.69, 9.17) is 29.8 Å². The summed E-state index contributed by atoms with van der Waals surface area (Å²) in [6.45, 7) is 3.54. The first-order valence-corrected chi connectivity index (χ1v) is 19.1. The number of alkyl halides is 3. The number of ether oxygens (including phenoxy) is 3. The largest absolute Gasteiger partial charge is 0.514 e. The fraction of sp³-hybridized carbons (Fsp3) is 0.286. The van der Waals surface area contributed by atoms with Crippen LogP contribution in [0.15, 0.2) is 97.1 Å². The number of benzene rings is 4. The Hall–Kier alpha value is -7.71. The predicted molar refractivity (Wildman–Crippen MR) is 218 cm³/mol. The Bertz CT molecular complexity index is 2230. The molecule has 0 saturated carbocycles. The normalized spacial score (nSPS) is 12.5. The monoisotopic (exact) mass is 880 g/mol.